The summed E-state index contributed by atoms with van der Waals surface area (Å²) < 4.78 is 12.1. The van der Waals surface area contributed by atoms with E-state index in [1.54, 1.807) is 6.92 Å². The number of nitrogens with one attached hydrogen (secondary N) is 1. The molecular formula is C17H28N4O3. The standard InChI is InChI=1S/C17H28N4O3/c1-12(22)18-11-13-5-6-17(24-13)7-9-21(10-8-17)15-20-19-14(23-15)16(2,3)4/h13H,5-11H2,1-4H3,(H,18,22)/t13-/m1/s1. The van der Waals surface area contributed by atoms with Gasteiger partial charge in [-0.1, -0.05) is 25.9 Å². The van der Waals surface area contributed by atoms with Crippen LogP contribution in [0.15, 0.2) is 4.42 Å². The number of hydrogen-bond acceptors (Lipinski definition) is 6. The maximum atomic E-state index is 11.0. The van der Waals surface area contributed by atoms with Crippen LogP contribution in [0.2, 0.25) is 0 Å². The lowest BCUT2D eigenvalue weighted by atomic mass is 9.88. The van der Waals surface area contributed by atoms with E-state index in [0.29, 0.717) is 18.5 Å². The average molecular weight is 336 g/mol. The van der Waals surface area contributed by atoms with Crippen LogP contribution in [0.4, 0.5) is 6.01 Å². The Morgan fingerprint density at radius 1 is 1.29 bits per heavy atom. The second-order valence-electron chi connectivity index (χ2n) is 8.03. The topological polar surface area (TPSA) is 80.5 Å². The Kier molecular flexibility index (Phi) is 4.55. The molecule has 1 atom stereocenters. The van der Waals surface area contributed by atoms with Gasteiger partial charge in [-0.05, 0) is 25.7 Å². The molecule has 7 heteroatoms. The van der Waals surface area contributed by atoms with Crippen molar-refractivity contribution in [2.24, 2.45) is 0 Å². The summed E-state index contributed by atoms with van der Waals surface area (Å²) in [4.78, 5) is 13.2. The molecule has 7 nitrogen and oxygen atoms in total. The molecule has 0 radical (unpaired) electrons. The quantitative estimate of drug-likeness (QED) is 0.909. The third-order valence-electron chi connectivity index (χ3n) is 4.92. The molecule has 1 amide bonds. The lowest BCUT2D eigenvalue weighted by molar-refractivity contribution is -0.120. The highest BCUT2D eigenvalue weighted by Gasteiger charge is 2.43. The van der Waals surface area contributed by atoms with Crippen molar-refractivity contribution in [2.45, 2.75) is 70.5 Å². The number of hydrogen-bond donors (Lipinski definition) is 1. The molecule has 3 rings (SSSR count). The van der Waals surface area contributed by atoms with E-state index in [-0.39, 0.29) is 23.0 Å². The van der Waals surface area contributed by atoms with Crippen LogP contribution in [0.1, 0.15) is 59.3 Å². The summed E-state index contributed by atoms with van der Waals surface area (Å²) in [5.74, 6) is 0.672. The maximum absolute atomic E-state index is 11.0. The van der Waals surface area contributed by atoms with Crippen molar-refractivity contribution >= 4 is 11.9 Å². The summed E-state index contributed by atoms with van der Waals surface area (Å²) in [5.41, 5.74) is -0.180. The molecule has 0 aliphatic carbocycles. The molecular weight excluding hydrogens is 308 g/mol. The highest BCUT2D eigenvalue weighted by Crippen LogP contribution is 2.39. The number of carbonyl (C=O) groups excluding carboxylic acids is 1. The van der Waals surface area contributed by atoms with E-state index >= 15 is 0 Å². The zero-order chi connectivity index (χ0) is 17.4. The Bertz CT molecular complexity index is 585. The third kappa shape index (κ3) is 3.71. The van der Waals surface area contributed by atoms with Crippen molar-refractivity contribution in [3.8, 4) is 0 Å². The van der Waals surface area contributed by atoms with Gasteiger partial charge in [0.25, 0.3) is 0 Å². The van der Waals surface area contributed by atoms with Crippen LogP contribution in [0.5, 0.6) is 0 Å². The zero-order valence-electron chi connectivity index (χ0n) is 15.1. The number of anilines is 1. The lowest BCUT2D eigenvalue weighted by Gasteiger charge is -2.38. The van der Waals surface area contributed by atoms with Crippen LogP contribution in [-0.2, 0) is 14.9 Å². The van der Waals surface area contributed by atoms with Gasteiger partial charge in [-0.2, -0.15) is 0 Å². The van der Waals surface area contributed by atoms with Crippen LogP contribution in [0, 0.1) is 0 Å². The highest BCUT2D eigenvalue weighted by molar-refractivity contribution is 5.72. The number of amides is 1. The van der Waals surface area contributed by atoms with Gasteiger partial charge in [-0.25, -0.2) is 0 Å². The van der Waals surface area contributed by atoms with Crippen molar-refractivity contribution in [1.82, 2.24) is 15.5 Å². The SMILES string of the molecule is CC(=O)NC[C@H]1CCC2(CCN(c3nnc(C(C)(C)C)o3)CC2)O1. The molecule has 1 aromatic rings. The Balaban J connectivity index is 1.54. The summed E-state index contributed by atoms with van der Waals surface area (Å²) >= 11 is 0. The third-order valence-corrected chi connectivity index (χ3v) is 4.92. The van der Waals surface area contributed by atoms with Crippen LogP contribution in [-0.4, -0.2) is 47.4 Å². The molecule has 0 bridgehead atoms. The molecule has 2 fully saturated rings. The van der Waals surface area contributed by atoms with Gasteiger partial charge in [-0.15, -0.1) is 5.10 Å². The monoisotopic (exact) mass is 336 g/mol. The second kappa shape index (κ2) is 6.35. The Morgan fingerprint density at radius 3 is 2.58 bits per heavy atom. The van der Waals surface area contributed by atoms with E-state index in [9.17, 15) is 4.79 Å². The van der Waals surface area contributed by atoms with E-state index in [4.69, 9.17) is 9.15 Å². The molecule has 0 saturated carbocycles. The van der Waals surface area contributed by atoms with E-state index in [1.165, 1.54) is 0 Å². The van der Waals surface area contributed by atoms with E-state index in [0.717, 1.165) is 38.8 Å². The van der Waals surface area contributed by atoms with Crippen LogP contribution in [0.3, 0.4) is 0 Å². The molecule has 1 spiro atoms. The van der Waals surface area contributed by atoms with Gasteiger partial charge in [0.1, 0.15) is 0 Å². The van der Waals surface area contributed by atoms with Crippen molar-refractivity contribution in [1.29, 1.82) is 0 Å². The number of carbonyl (C=O) groups is 1. The molecule has 134 valence electrons. The van der Waals surface area contributed by atoms with Crippen molar-refractivity contribution in [2.75, 3.05) is 24.5 Å². The fourth-order valence-electron chi connectivity index (χ4n) is 3.42. The van der Waals surface area contributed by atoms with Gasteiger partial charge in [0.15, 0.2) is 0 Å². The molecule has 0 unspecified atom stereocenters. The number of nitrogens with zero attached hydrogens (tertiary/aromatic N) is 3. The molecule has 1 N–H and O–H groups in total. The molecule has 3 heterocycles. The first-order valence-electron chi connectivity index (χ1n) is 8.79. The van der Waals surface area contributed by atoms with Crippen LogP contribution in [0.25, 0.3) is 0 Å². The average Bonchev–Trinajstić information content (AvgIpc) is 3.14. The first kappa shape index (κ1) is 17.2. The van der Waals surface area contributed by atoms with Gasteiger partial charge in [0, 0.05) is 32.0 Å². The fraction of sp³-hybridized carbons (Fsp3) is 0.824. The van der Waals surface area contributed by atoms with Gasteiger partial charge in [-0.3, -0.25) is 4.79 Å². The molecule has 0 aromatic carbocycles. The zero-order valence-corrected chi connectivity index (χ0v) is 15.1. The molecule has 1 aromatic heterocycles. The number of rotatable bonds is 3. The van der Waals surface area contributed by atoms with Crippen LogP contribution < -0.4 is 10.2 Å². The van der Waals surface area contributed by atoms with Gasteiger partial charge in [0.05, 0.1) is 11.7 Å². The van der Waals surface area contributed by atoms with Gasteiger partial charge < -0.3 is 19.4 Å². The molecule has 24 heavy (non-hydrogen) atoms. The molecule has 2 aliphatic heterocycles. The summed E-state index contributed by atoms with van der Waals surface area (Å²) in [6, 6.07) is 0.613. The van der Waals surface area contributed by atoms with Gasteiger partial charge >= 0.3 is 6.01 Å². The first-order chi connectivity index (χ1) is 11.3. The van der Waals surface area contributed by atoms with Crippen molar-refractivity contribution in [3.05, 3.63) is 5.89 Å². The van der Waals surface area contributed by atoms with E-state index < -0.39 is 0 Å². The van der Waals surface area contributed by atoms with Crippen LogP contribution >= 0.6 is 0 Å². The van der Waals surface area contributed by atoms with Crippen molar-refractivity contribution in [3.63, 3.8) is 0 Å². The highest BCUT2D eigenvalue weighted by atomic mass is 16.5. The summed E-state index contributed by atoms with van der Waals surface area (Å²) in [6.07, 6.45) is 4.11. The van der Waals surface area contributed by atoms with E-state index in [2.05, 4.69) is 41.2 Å². The smallest absolute Gasteiger partial charge is 0.318 e. The fourth-order valence-corrected chi connectivity index (χ4v) is 3.42. The predicted molar refractivity (Wildman–Crippen MR) is 90.0 cm³/mol. The second-order valence-corrected chi connectivity index (χ2v) is 8.03. The Labute approximate surface area is 143 Å². The predicted octanol–water partition coefficient (Wildman–Crippen LogP) is 2.02. The minimum Gasteiger partial charge on any atom is -0.407 e. The number of ether oxygens (including phenoxy) is 1. The summed E-state index contributed by atoms with van der Waals surface area (Å²) in [7, 11) is 0. The largest absolute Gasteiger partial charge is 0.407 e. The summed E-state index contributed by atoms with van der Waals surface area (Å²) in [5, 5.41) is 11.2. The van der Waals surface area contributed by atoms with E-state index in [1.807, 2.05) is 0 Å². The number of aromatic nitrogens is 2. The minimum atomic E-state index is -0.131. The van der Waals surface area contributed by atoms with Gasteiger partial charge in [0.2, 0.25) is 11.8 Å². The Morgan fingerprint density at radius 2 is 2.00 bits per heavy atom. The maximum Gasteiger partial charge on any atom is 0.318 e. The molecule has 2 aliphatic rings. The first-order valence-corrected chi connectivity index (χ1v) is 8.79. The summed E-state index contributed by atoms with van der Waals surface area (Å²) in [6.45, 7) is 10.1. The molecule has 2 saturated heterocycles. The Hall–Kier alpha value is -1.63. The minimum absolute atomic E-state index is 0.000385. The number of piperidine rings is 1. The normalized spacial score (nSPS) is 23.7. The lowest BCUT2D eigenvalue weighted by Crippen LogP contribution is -2.45. The van der Waals surface area contributed by atoms with Crippen molar-refractivity contribution < 1.29 is 13.9 Å².